The van der Waals surface area contributed by atoms with Gasteiger partial charge in [0.25, 0.3) is 11.8 Å². The topological polar surface area (TPSA) is 67.4 Å². The van der Waals surface area contributed by atoms with Crippen LogP contribution < -0.4 is 15.4 Å². The first-order valence-corrected chi connectivity index (χ1v) is 9.74. The van der Waals surface area contributed by atoms with Gasteiger partial charge in [-0.1, -0.05) is 48.0 Å². The summed E-state index contributed by atoms with van der Waals surface area (Å²) in [5.74, 6) is -0.0162. The van der Waals surface area contributed by atoms with Gasteiger partial charge in [0, 0.05) is 11.3 Å². The zero-order valence-corrected chi connectivity index (χ0v) is 17.0. The van der Waals surface area contributed by atoms with Crippen LogP contribution in [0.3, 0.4) is 0 Å². The molecular weight excluding hydrogens is 376 g/mol. The molecule has 2 amide bonds. The Labute approximate surface area is 176 Å². The number of anilines is 1. The minimum Gasteiger partial charge on any atom is -0.494 e. The number of rotatable bonds is 7. The van der Waals surface area contributed by atoms with Crippen molar-refractivity contribution in [3.05, 3.63) is 101 Å². The molecular formula is C25H24N2O3. The highest BCUT2D eigenvalue weighted by Gasteiger charge is 2.15. The van der Waals surface area contributed by atoms with Crippen LogP contribution in [0.4, 0.5) is 5.69 Å². The first-order valence-electron chi connectivity index (χ1n) is 9.74. The van der Waals surface area contributed by atoms with Crippen LogP contribution in [0.25, 0.3) is 6.08 Å². The van der Waals surface area contributed by atoms with Gasteiger partial charge in [0.2, 0.25) is 0 Å². The van der Waals surface area contributed by atoms with E-state index in [-0.39, 0.29) is 11.6 Å². The Kier molecular flexibility index (Phi) is 7.00. The molecule has 0 aromatic heterocycles. The summed E-state index contributed by atoms with van der Waals surface area (Å²) in [6, 6.07) is 23.5. The van der Waals surface area contributed by atoms with Crippen LogP contribution >= 0.6 is 0 Å². The fraction of sp³-hybridized carbons (Fsp3) is 0.120. The molecule has 0 unspecified atom stereocenters. The molecule has 152 valence electrons. The number of carbonyl (C=O) groups excluding carboxylic acids is 2. The third-order valence-corrected chi connectivity index (χ3v) is 4.34. The van der Waals surface area contributed by atoms with Gasteiger partial charge in [0.15, 0.2) is 0 Å². The van der Waals surface area contributed by atoms with Crippen molar-refractivity contribution in [3.8, 4) is 5.75 Å². The summed E-state index contributed by atoms with van der Waals surface area (Å²) >= 11 is 0. The summed E-state index contributed by atoms with van der Waals surface area (Å²) in [4.78, 5) is 25.6. The van der Waals surface area contributed by atoms with Crippen molar-refractivity contribution >= 4 is 23.6 Å². The summed E-state index contributed by atoms with van der Waals surface area (Å²) < 4.78 is 5.45. The summed E-state index contributed by atoms with van der Waals surface area (Å²) in [7, 11) is 0. The standard InChI is InChI=1S/C25H24N2O3/c1-3-30-22-15-11-19(12-16-22)17-23(27-24(28)20-7-5-4-6-8-20)25(29)26-21-13-9-18(2)10-14-21/h4-17H,3H2,1-2H3,(H,26,29)(H,27,28). The van der Waals surface area contributed by atoms with E-state index >= 15 is 0 Å². The van der Waals surface area contributed by atoms with Gasteiger partial charge in [-0.15, -0.1) is 0 Å². The average molecular weight is 400 g/mol. The van der Waals surface area contributed by atoms with Gasteiger partial charge in [-0.25, -0.2) is 0 Å². The lowest BCUT2D eigenvalue weighted by molar-refractivity contribution is -0.113. The minimum absolute atomic E-state index is 0.147. The number of carbonyl (C=O) groups is 2. The molecule has 0 heterocycles. The molecule has 0 aliphatic rings. The summed E-state index contributed by atoms with van der Waals surface area (Å²) in [6.07, 6.45) is 1.64. The average Bonchev–Trinajstić information content (AvgIpc) is 2.77. The van der Waals surface area contributed by atoms with Gasteiger partial charge in [-0.2, -0.15) is 0 Å². The Bertz CT molecular complexity index is 1020. The van der Waals surface area contributed by atoms with Crippen molar-refractivity contribution in [3.63, 3.8) is 0 Å². The predicted molar refractivity (Wildman–Crippen MR) is 119 cm³/mol. The van der Waals surface area contributed by atoms with Gasteiger partial charge in [0.1, 0.15) is 11.4 Å². The molecule has 0 fully saturated rings. The zero-order valence-electron chi connectivity index (χ0n) is 17.0. The van der Waals surface area contributed by atoms with Crippen molar-refractivity contribution in [1.82, 2.24) is 5.32 Å². The van der Waals surface area contributed by atoms with Crippen LogP contribution in [0.5, 0.6) is 5.75 Å². The van der Waals surface area contributed by atoms with Crippen LogP contribution in [-0.2, 0) is 4.79 Å². The van der Waals surface area contributed by atoms with Gasteiger partial charge in [0.05, 0.1) is 6.61 Å². The van der Waals surface area contributed by atoms with E-state index in [4.69, 9.17) is 4.74 Å². The lowest BCUT2D eigenvalue weighted by Gasteiger charge is -2.12. The molecule has 3 aromatic carbocycles. The number of aryl methyl sites for hydroxylation is 1. The molecule has 0 aliphatic heterocycles. The summed E-state index contributed by atoms with van der Waals surface area (Å²) in [5.41, 5.74) is 3.13. The van der Waals surface area contributed by atoms with E-state index < -0.39 is 5.91 Å². The maximum atomic E-state index is 12.9. The minimum atomic E-state index is -0.406. The number of hydrogen-bond donors (Lipinski definition) is 2. The lowest BCUT2D eigenvalue weighted by atomic mass is 10.1. The Balaban J connectivity index is 1.85. The first-order chi connectivity index (χ1) is 14.5. The molecule has 3 rings (SSSR count). The molecule has 5 nitrogen and oxygen atoms in total. The van der Waals surface area contributed by atoms with Crippen molar-refractivity contribution in [1.29, 1.82) is 0 Å². The highest BCUT2D eigenvalue weighted by molar-refractivity contribution is 6.10. The third-order valence-electron chi connectivity index (χ3n) is 4.34. The Morgan fingerprint density at radius 1 is 0.900 bits per heavy atom. The number of ether oxygens (including phenoxy) is 1. The second-order valence-corrected chi connectivity index (χ2v) is 6.70. The maximum absolute atomic E-state index is 12.9. The molecule has 0 spiro atoms. The first kappa shape index (κ1) is 20.9. The quantitative estimate of drug-likeness (QED) is 0.560. The molecule has 0 saturated carbocycles. The lowest BCUT2D eigenvalue weighted by Crippen LogP contribution is -2.30. The largest absolute Gasteiger partial charge is 0.494 e. The van der Waals surface area contributed by atoms with E-state index in [1.807, 2.05) is 68.4 Å². The van der Waals surface area contributed by atoms with Crippen LogP contribution in [0.2, 0.25) is 0 Å². The highest BCUT2D eigenvalue weighted by atomic mass is 16.5. The fourth-order valence-electron chi connectivity index (χ4n) is 2.77. The van der Waals surface area contributed by atoms with E-state index in [0.717, 1.165) is 16.9 Å². The molecule has 0 radical (unpaired) electrons. The predicted octanol–water partition coefficient (Wildman–Crippen LogP) is 4.80. The van der Waals surface area contributed by atoms with Gasteiger partial charge in [-0.3, -0.25) is 9.59 Å². The third kappa shape index (κ3) is 5.82. The van der Waals surface area contributed by atoms with Gasteiger partial charge >= 0.3 is 0 Å². The molecule has 30 heavy (non-hydrogen) atoms. The van der Waals surface area contributed by atoms with Crippen LogP contribution in [-0.4, -0.2) is 18.4 Å². The second-order valence-electron chi connectivity index (χ2n) is 6.70. The zero-order chi connectivity index (χ0) is 21.3. The number of amides is 2. The van der Waals surface area contributed by atoms with Crippen LogP contribution in [0.1, 0.15) is 28.4 Å². The molecule has 0 bridgehead atoms. The van der Waals surface area contributed by atoms with E-state index in [1.165, 1.54) is 0 Å². The van der Waals surface area contributed by atoms with E-state index in [0.29, 0.717) is 17.9 Å². The monoisotopic (exact) mass is 400 g/mol. The Hall–Kier alpha value is -3.86. The summed E-state index contributed by atoms with van der Waals surface area (Å²) in [6.45, 7) is 4.47. The molecule has 3 aromatic rings. The number of hydrogen-bond acceptors (Lipinski definition) is 3. The van der Waals surface area contributed by atoms with Crippen molar-refractivity contribution < 1.29 is 14.3 Å². The molecule has 5 heteroatoms. The van der Waals surface area contributed by atoms with Crippen molar-refractivity contribution in [2.75, 3.05) is 11.9 Å². The van der Waals surface area contributed by atoms with E-state index in [2.05, 4.69) is 10.6 Å². The van der Waals surface area contributed by atoms with Crippen molar-refractivity contribution in [2.24, 2.45) is 0 Å². The number of benzene rings is 3. The molecule has 0 aliphatic carbocycles. The SMILES string of the molecule is CCOc1ccc(C=C(NC(=O)c2ccccc2)C(=O)Nc2ccc(C)cc2)cc1. The Morgan fingerprint density at radius 2 is 1.57 bits per heavy atom. The second kappa shape index (κ2) is 10.1. The molecule has 2 N–H and O–H groups in total. The highest BCUT2D eigenvalue weighted by Crippen LogP contribution is 2.16. The van der Waals surface area contributed by atoms with E-state index in [1.54, 1.807) is 30.3 Å². The molecule has 0 saturated heterocycles. The number of nitrogens with one attached hydrogen (secondary N) is 2. The smallest absolute Gasteiger partial charge is 0.272 e. The van der Waals surface area contributed by atoms with Gasteiger partial charge in [-0.05, 0) is 61.9 Å². The molecule has 0 atom stereocenters. The van der Waals surface area contributed by atoms with Crippen molar-refractivity contribution in [2.45, 2.75) is 13.8 Å². The van der Waals surface area contributed by atoms with E-state index in [9.17, 15) is 9.59 Å². The Morgan fingerprint density at radius 3 is 2.20 bits per heavy atom. The summed E-state index contributed by atoms with van der Waals surface area (Å²) in [5, 5.41) is 5.56. The van der Waals surface area contributed by atoms with Crippen LogP contribution in [0.15, 0.2) is 84.6 Å². The maximum Gasteiger partial charge on any atom is 0.272 e. The fourth-order valence-corrected chi connectivity index (χ4v) is 2.77. The van der Waals surface area contributed by atoms with Gasteiger partial charge < -0.3 is 15.4 Å². The normalized spacial score (nSPS) is 10.9. The van der Waals surface area contributed by atoms with Crippen LogP contribution in [0, 0.1) is 6.92 Å².